The van der Waals surface area contributed by atoms with Gasteiger partial charge in [-0.15, -0.1) is 0 Å². The van der Waals surface area contributed by atoms with Crippen molar-refractivity contribution in [2.45, 2.75) is 20.8 Å². The van der Waals surface area contributed by atoms with Gasteiger partial charge in [0.2, 0.25) is 0 Å². The van der Waals surface area contributed by atoms with Crippen LogP contribution in [0.3, 0.4) is 0 Å². The molecule has 0 saturated heterocycles. The lowest BCUT2D eigenvalue weighted by Gasteiger charge is -2.12. The number of hydrogen-bond donors (Lipinski definition) is 2. The van der Waals surface area contributed by atoms with Crippen LogP contribution < -0.4 is 10.1 Å². The predicted molar refractivity (Wildman–Crippen MR) is 129 cm³/mol. The van der Waals surface area contributed by atoms with Crippen molar-refractivity contribution >= 4 is 50.2 Å². The number of carbonyl (C=O) groups excluding carboxylic acids is 1. The van der Waals surface area contributed by atoms with Crippen LogP contribution in [0.25, 0.3) is 22.4 Å². The van der Waals surface area contributed by atoms with Gasteiger partial charge in [0.15, 0.2) is 6.61 Å². The summed E-state index contributed by atoms with van der Waals surface area (Å²) in [6.45, 7) is 5.84. The largest absolute Gasteiger partial charge is 0.482 e. The molecule has 31 heavy (non-hydrogen) atoms. The van der Waals surface area contributed by atoms with Gasteiger partial charge in [0.25, 0.3) is 5.91 Å². The van der Waals surface area contributed by atoms with Crippen molar-refractivity contribution in [3.8, 4) is 17.1 Å². The molecule has 0 aliphatic rings. The number of rotatable bonds is 5. The Bertz CT molecular complexity index is 1240. The van der Waals surface area contributed by atoms with Crippen LogP contribution in [-0.2, 0) is 4.79 Å². The fraction of sp³-hybridized carbons (Fsp3) is 0.167. The van der Waals surface area contributed by atoms with Gasteiger partial charge in [-0.3, -0.25) is 4.79 Å². The molecule has 0 unspecified atom stereocenters. The minimum atomic E-state index is -0.240. The Morgan fingerprint density at radius 3 is 2.71 bits per heavy atom. The van der Waals surface area contributed by atoms with Gasteiger partial charge in [0.1, 0.15) is 11.6 Å². The van der Waals surface area contributed by atoms with Crippen molar-refractivity contribution < 1.29 is 9.53 Å². The summed E-state index contributed by atoms with van der Waals surface area (Å²) in [6, 6.07) is 15.3. The first-order valence-electron chi connectivity index (χ1n) is 9.76. The minimum absolute atomic E-state index is 0.0882. The minimum Gasteiger partial charge on any atom is -0.482 e. The number of imidazole rings is 1. The van der Waals surface area contributed by atoms with E-state index in [1.165, 1.54) is 0 Å². The second-order valence-electron chi connectivity index (χ2n) is 7.51. The number of amides is 1. The van der Waals surface area contributed by atoms with E-state index in [1.807, 2.05) is 69.3 Å². The molecule has 7 heteroatoms. The Morgan fingerprint density at radius 1 is 1.13 bits per heavy atom. The third kappa shape index (κ3) is 4.75. The number of carbonyl (C=O) groups is 1. The van der Waals surface area contributed by atoms with Crippen LogP contribution in [0.1, 0.15) is 16.7 Å². The first-order valence-corrected chi connectivity index (χ1v) is 10.9. The number of H-pyrrole nitrogens is 1. The molecule has 0 saturated carbocycles. The number of nitrogens with zero attached hydrogens (tertiary/aromatic N) is 1. The fourth-order valence-corrected chi connectivity index (χ4v) is 4.39. The van der Waals surface area contributed by atoms with Crippen molar-refractivity contribution in [1.82, 2.24) is 9.97 Å². The van der Waals surface area contributed by atoms with Crippen LogP contribution in [0.5, 0.6) is 5.75 Å². The van der Waals surface area contributed by atoms with E-state index >= 15 is 0 Å². The summed E-state index contributed by atoms with van der Waals surface area (Å²) in [7, 11) is 0. The van der Waals surface area contributed by atoms with E-state index in [4.69, 9.17) is 16.3 Å². The van der Waals surface area contributed by atoms with Gasteiger partial charge in [-0.1, -0.05) is 29.8 Å². The van der Waals surface area contributed by atoms with Crippen LogP contribution >= 0.6 is 27.5 Å². The number of hydrogen-bond acceptors (Lipinski definition) is 3. The Balaban J connectivity index is 1.48. The molecule has 0 aliphatic heterocycles. The van der Waals surface area contributed by atoms with Crippen molar-refractivity contribution in [3.05, 3.63) is 74.7 Å². The topological polar surface area (TPSA) is 67.0 Å². The summed E-state index contributed by atoms with van der Waals surface area (Å²) < 4.78 is 6.58. The van der Waals surface area contributed by atoms with E-state index in [9.17, 15) is 4.79 Å². The summed E-state index contributed by atoms with van der Waals surface area (Å²) in [6.07, 6.45) is 0. The average molecular weight is 499 g/mol. The van der Waals surface area contributed by atoms with Gasteiger partial charge < -0.3 is 15.0 Å². The van der Waals surface area contributed by atoms with Crippen molar-refractivity contribution in [2.24, 2.45) is 0 Å². The van der Waals surface area contributed by atoms with E-state index in [-0.39, 0.29) is 12.5 Å². The van der Waals surface area contributed by atoms with Crippen LogP contribution in [0.15, 0.2) is 53.0 Å². The lowest BCUT2D eigenvalue weighted by molar-refractivity contribution is -0.118. The highest BCUT2D eigenvalue weighted by Gasteiger charge is 2.11. The number of ether oxygens (including phenoxy) is 1. The molecular formula is C24H21BrClN3O2. The molecule has 0 atom stereocenters. The van der Waals surface area contributed by atoms with Crippen LogP contribution in [0, 0.1) is 20.8 Å². The zero-order valence-corrected chi connectivity index (χ0v) is 19.7. The molecule has 0 aliphatic carbocycles. The molecule has 1 heterocycles. The molecule has 0 fully saturated rings. The molecule has 1 amide bonds. The van der Waals surface area contributed by atoms with E-state index in [0.29, 0.717) is 22.3 Å². The lowest BCUT2D eigenvalue weighted by atomic mass is 10.1. The zero-order valence-electron chi connectivity index (χ0n) is 17.3. The van der Waals surface area contributed by atoms with Crippen LogP contribution in [0.2, 0.25) is 5.02 Å². The van der Waals surface area contributed by atoms with Crippen LogP contribution in [-0.4, -0.2) is 22.5 Å². The SMILES string of the molecule is Cc1cc(C)c(OCC(=O)Nc2cccc(-c3nc4cc(Cl)c(C)cc4[nH]3)c2)c(Br)c1. The van der Waals surface area contributed by atoms with Gasteiger partial charge in [0, 0.05) is 16.3 Å². The molecule has 4 aromatic rings. The molecule has 1 aromatic heterocycles. The summed E-state index contributed by atoms with van der Waals surface area (Å²) >= 11 is 9.71. The molecule has 0 bridgehead atoms. The molecule has 5 nitrogen and oxygen atoms in total. The van der Waals surface area contributed by atoms with Crippen molar-refractivity contribution in [1.29, 1.82) is 0 Å². The number of aromatic nitrogens is 2. The van der Waals surface area contributed by atoms with Gasteiger partial charge in [-0.2, -0.15) is 0 Å². The third-order valence-corrected chi connectivity index (χ3v) is 5.90. The van der Waals surface area contributed by atoms with E-state index in [0.717, 1.165) is 37.8 Å². The number of anilines is 1. The second-order valence-corrected chi connectivity index (χ2v) is 8.78. The molecule has 0 spiro atoms. The number of benzene rings is 3. The fourth-order valence-electron chi connectivity index (χ4n) is 3.44. The zero-order chi connectivity index (χ0) is 22.1. The predicted octanol–water partition coefficient (Wildman–Crippen LogP) is 6.59. The third-order valence-electron chi connectivity index (χ3n) is 4.90. The first-order chi connectivity index (χ1) is 14.8. The molecule has 158 valence electrons. The standard InChI is InChI=1S/C24H21BrClN3O2/c1-13-7-15(3)23(18(25)8-13)31-12-22(30)27-17-6-4-5-16(10-17)24-28-20-9-14(2)19(26)11-21(20)29-24/h4-11H,12H2,1-3H3,(H,27,30)(H,28,29). The first kappa shape index (κ1) is 21.4. The van der Waals surface area contributed by atoms with Crippen LogP contribution in [0.4, 0.5) is 5.69 Å². The highest BCUT2D eigenvalue weighted by atomic mass is 79.9. The van der Waals surface area contributed by atoms with E-state index in [2.05, 4.69) is 31.2 Å². The molecule has 3 aromatic carbocycles. The Hall–Kier alpha value is -2.83. The Morgan fingerprint density at radius 2 is 1.94 bits per heavy atom. The summed E-state index contributed by atoms with van der Waals surface area (Å²) in [5, 5.41) is 3.57. The number of aryl methyl sites for hydroxylation is 3. The Kier molecular flexibility index (Phi) is 6.03. The lowest BCUT2D eigenvalue weighted by Crippen LogP contribution is -2.20. The van der Waals surface area contributed by atoms with E-state index in [1.54, 1.807) is 0 Å². The number of aromatic amines is 1. The number of nitrogens with one attached hydrogen (secondary N) is 2. The Labute approximate surface area is 193 Å². The number of halogens is 2. The molecule has 2 N–H and O–H groups in total. The average Bonchev–Trinajstić information content (AvgIpc) is 3.10. The smallest absolute Gasteiger partial charge is 0.262 e. The highest BCUT2D eigenvalue weighted by molar-refractivity contribution is 9.10. The quantitative estimate of drug-likeness (QED) is 0.326. The molecule has 0 radical (unpaired) electrons. The monoisotopic (exact) mass is 497 g/mol. The van der Waals surface area contributed by atoms with Gasteiger partial charge in [-0.05, 0) is 83.7 Å². The summed E-state index contributed by atoms with van der Waals surface area (Å²) in [5.41, 5.74) is 6.33. The molecular weight excluding hydrogens is 478 g/mol. The maximum Gasteiger partial charge on any atom is 0.262 e. The normalized spacial score (nSPS) is 11.0. The van der Waals surface area contributed by atoms with Crippen molar-refractivity contribution in [3.63, 3.8) is 0 Å². The van der Waals surface area contributed by atoms with Crippen molar-refractivity contribution in [2.75, 3.05) is 11.9 Å². The molecule has 4 rings (SSSR count). The second kappa shape index (κ2) is 8.73. The van der Waals surface area contributed by atoms with Gasteiger partial charge >= 0.3 is 0 Å². The van der Waals surface area contributed by atoms with Gasteiger partial charge in [-0.25, -0.2) is 4.98 Å². The summed E-state index contributed by atoms with van der Waals surface area (Å²) in [4.78, 5) is 20.4. The van der Waals surface area contributed by atoms with Gasteiger partial charge in [0.05, 0.1) is 15.5 Å². The summed E-state index contributed by atoms with van der Waals surface area (Å²) in [5.74, 6) is 1.14. The maximum absolute atomic E-state index is 12.4. The maximum atomic E-state index is 12.4. The highest BCUT2D eigenvalue weighted by Crippen LogP contribution is 2.30. The van der Waals surface area contributed by atoms with E-state index < -0.39 is 0 Å². The number of fused-ring (bicyclic) bond motifs is 1.